The summed E-state index contributed by atoms with van der Waals surface area (Å²) in [6, 6.07) is 10.2. The van der Waals surface area contributed by atoms with Gasteiger partial charge in [0.15, 0.2) is 11.5 Å². The van der Waals surface area contributed by atoms with E-state index in [9.17, 15) is 9.59 Å². The van der Waals surface area contributed by atoms with Crippen LogP contribution < -0.4 is 14.4 Å². The lowest BCUT2D eigenvalue weighted by Crippen LogP contribution is -2.27. The number of amides is 2. The Morgan fingerprint density at radius 2 is 1.96 bits per heavy atom. The average Bonchev–Trinajstić information content (AvgIpc) is 2.90. The van der Waals surface area contributed by atoms with E-state index < -0.39 is 5.91 Å². The summed E-state index contributed by atoms with van der Waals surface area (Å²) < 4.78 is 11.9. The molecule has 0 bridgehead atoms. The van der Waals surface area contributed by atoms with Gasteiger partial charge in [-0.3, -0.25) is 9.59 Å². The molecule has 2 amide bonds. The van der Waals surface area contributed by atoms with Gasteiger partial charge in [-0.05, 0) is 83.5 Å². The van der Waals surface area contributed by atoms with Crippen molar-refractivity contribution in [3.05, 3.63) is 56.4 Å². The van der Waals surface area contributed by atoms with Crippen LogP contribution in [0, 0.1) is 0 Å². The third-order valence-electron chi connectivity index (χ3n) is 3.76. The maximum absolute atomic E-state index is 12.8. The minimum atomic E-state index is -0.394. The molecule has 1 aliphatic heterocycles. The Balaban J connectivity index is 1.95. The van der Waals surface area contributed by atoms with Crippen molar-refractivity contribution in [1.29, 1.82) is 0 Å². The molecule has 2 aromatic carbocycles. The van der Waals surface area contributed by atoms with Gasteiger partial charge in [0, 0.05) is 5.02 Å². The number of carbonyl (C=O) groups is 2. The molecule has 0 aliphatic carbocycles. The van der Waals surface area contributed by atoms with Gasteiger partial charge in [-0.2, -0.15) is 0 Å². The number of hydrogen-bond acceptors (Lipinski definition) is 5. The second-order valence-electron chi connectivity index (χ2n) is 6.20. The van der Waals surface area contributed by atoms with E-state index in [2.05, 4.69) is 15.9 Å². The Labute approximate surface area is 180 Å². The Hall–Kier alpha value is -1.96. The highest BCUT2D eigenvalue weighted by Gasteiger charge is 2.36. The van der Waals surface area contributed by atoms with Gasteiger partial charge in [-0.15, -0.1) is 0 Å². The van der Waals surface area contributed by atoms with Crippen LogP contribution >= 0.6 is 39.3 Å². The van der Waals surface area contributed by atoms with E-state index in [1.54, 1.807) is 43.5 Å². The molecule has 8 heteroatoms. The molecular formula is C20H17BrClNO4S. The summed E-state index contributed by atoms with van der Waals surface area (Å²) >= 11 is 10.3. The Morgan fingerprint density at radius 3 is 2.61 bits per heavy atom. The van der Waals surface area contributed by atoms with Crippen molar-refractivity contribution in [1.82, 2.24) is 0 Å². The fourth-order valence-corrected chi connectivity index (χ4v) is 4.21. The zero-order valence-corrected chi connectivity index (χ0v) is 18.5. The van der Waals surface area contributed by atoms with E-state index in [4.69, 9.17) is 21.1 Å². The molecule has 0 N–H and O–H groups in total. The van der Waals surface area contributed by atoms with Crippen LogP contribution in [-0.2, 0) is 4.79 Å². The molecule has 0 spiro atoms. The first-order valence-electron chi connectivity index (χ1n) is 8.38. The molecule has 0 unspecified atom stereocenters. The quantitative estimate of drug-likeness (QED) is 0.479. The highest BCUT2D eigenvalue weighted by molar-refractivity contribution is 9.10. The third kappa shape index (κ3) is 4.37. The minimum Gasteiger partial charge on any atom is -0.493 e. The Bertz CT molecular complexity index is 977. The van der Waals surface area contributed by atoms with Crippen LogP contribution in [0.2, 0.25) is 5.02 Å². The van der Waals surface area contributed by atoms with Gasteiger partial charge in [0.25, 0.3) is 11.1 Å². The van der Waals surface area contributed by atoms with Crippen molar-refractivity contribution in [3.63, 3.8) is 0 Å². The number of imide groups is 1. The molecule has 2 aromatic rings. The highest BCUT2D eigenvalue weighted by Crippen LogP contribution is 2.40. The van der Waals surface area contributed by atoms with Crippen molar-refractivity contribution < 1.29 is 19.1 Å². The monoisotopic (exact) mass is 481 g/mol. The molecule has 0 atom stereocenters. The number of carbonyl (C=O) groups excluding carboxylic acids is 2. The van der Waals surface area contributed by atoms with Gasteiger partial charge in [0.05, 0.1) is 28.3 Å². The van der Waals surface area contributed by atoms with Crippen molar-refractivity contribution in [2.45, 2.75) is 20.0 Å². The molecule has 0 aromatic heterocycles. The molecule has 5 nitrogen and oxygen atoms in total. The summed E-state index contributed by atoms with van der Waals surface area (Å²) in [5.41, 5.74) is 1.15. The second kappa shape index (κ2) is 8.59. The largest absolute Gasteiger partial charge is 0.493 e. The van der Waals surface area contributed by atoms with Crippen molar-refractivity contribution in [2.24, 2.45) is 0 Å². The number of benzene rings is 2. The second-order valence-corrected chi connectivity index (χ2v) is 8.48. The van der Waals surface area contributed by atoms with Crippen LogP contribution in [0.25, 0.3) is 6.08 Å². The number of nitrogens with zero attached hydrogens (tertiary/aromatic N) is 1. The standard InChI is InChI=1S/C20H17BrClNO4S/c1-11(2)27-18-15(21)7-12(8-16(18)26-3)9-17-19(24)23(20(25)28-17)14-6-4-5-13(22)10-14/h4-11H,1-3H3/b17-9+. The lowest BCUT2D eigenvalue weighted by molar-refractivity contribution is -0.113. The van der Waals surface area contributed by atoms with Gasteiger partial charge in [-0.25, -0.2) is 4.90 Å². The average molecular weight is 483 g/mol. The molecule has 1 heterocycles. The molecule has 146 valence electrons. The fourth-order valence-electron chi connectivity index (χ4n) is 2.63. The molecule has 3 rings (SSSR count). The zero-order chi connectivity index (χ0) is 20.4. The van der Waals surface area contributed by atoms with E-state index in [0.717, 1.165) is 16.7 Å². The van der Waals surface area contributed by atoms with Crippen LogP contribution in [0.1, 0.15) is 19.4 Å². The van der Waals surface area contributed by atoms with Crippen LogP contribution in [0.4, 0.5) is 10.5 Å². The lowest BCUT2D eigenvalue weighted by Gasteiger charge is -2.16. The summed E-state index contributed by atoms with van der Waals surface area (Å²) in [6.45, 7) is 3.84. The Morgan fingerprint density at radius 1 is 1.21 bits per heavy atom. The summed E-state index contributed by atoms with van der Waals surface area (Å²) in [5, 5.41) is 0.0826. The lowest BCUT2D eigenvalue weighted by atomic mass is 10.1. The van der Waals surface area contributed by atoms with Crippen molar-refractivity contribution in [2.75, 3.05) is 12.0 Å². The van der Waals surface area contributed by atoms with E-state index in [1.807, 2.05) is 19.9 Å². The van der Waals surface area contributed by atoms with Gasteiger partial charge in [-0.1, -0.05) is 17.7 Å². The summed E-state index contributed by atoms with van der Waals surface area (Å²) in [4.78, 5) is 26.6. The molecular weight excluding hydrogens is 466 g/mol. The number of hydrogen-bond donors (Lipinski definition) is 0. The van der Waals surface area contributed by atoms with Gasteiger partial charge in [0.2, 0.25) is 0 Å². The molecule has 1 fully saturated rings. The summed E-state index contributed by atoms with van der Waals surface area (Å²) in [6.07, 6.45) is 1.63. The molecule has 1 aliphatic rings. The van der Waals surface area contributed by atoms with Crippen LogP contribution in [0.5, 0.6) is 11.5 Å². The van der Waals surface area contributed by atoms with Crippen LogP contribution in [0.15, 0.2) is 45.8 Å². The van der Waals surface area contributed by atoms with Gasteiger partial charge < -0.3 is 9.47 Å². The number of thioether (sulfide) groups is 1. The highest BCUT2D eigenvalue weighted by atomic mass is 79.9. The number of halogens is 2. The van der Waals surface area contributed by atoms with E-state index in [-0.39, 0.29) is 11.3 Å². The molecule has 0 saturated carbocycles. The molecule has 0 radical (unpaired) electrons. The summed E-state index contributed by atoms with van der Waals surface area (Å²) in [5.74, 6) is 0.722. The summed E-state index contributed by atoms with van der Waals surface area (Å²) in [7, 11) is 1.55. The fraction of sp³-hybridized carbons (Fsp3) is 0.200. The van der Waals surface area contributed by atoms with E-state index in [0.29, 0.717) is 37.2 Å². The Kier molecular flexibility index (Phi) is 6.37. The van der Waals surface area contributed by atoms with E-state index >= 15 is 0 Å². The van der Waals surface area contributed by atoms with Crippen molar-refractivity contribution in [3.8, 4) is 11.5 Å². The SMILES string of the molecule is COc1cc(/C=C2/SC(=O)N(c3cccc(Cl)c3)C2=O)cc(Br)c1OC(C)C. The first-order chi connectivity index (χ1) is 13.3. The third-order valence-corrected chi connectivity index (χ3v) is 5.46. The smallest absolute Gasteiger partial charge is 0.298 e. The molecule has 1 saturated heterocycles. The number of rotatable bonds is 5. The molecule has 28 heavy (non-hydrogen) atoms. The number of anilines is 1. The minimum absolute atomic E-state index is 0.0229. The maximum atomic E-state index is 12.8. The zero-order valence-electron chi connectivity index (χ0n) is 15.4. The van der Waals surface area contributed by atoms with Crippen molar-refractivity contribution >= 4 is 62.2 Å². The topological polar surface area (TPSA) is 55.8 Å². The first-order valence-corrected chi connectivity index (χ1v) is 10.4. The van der Waals surface area contributed by atoms with Crippen LogP contribution in [-0.4, -0.2) is 24.4 Å². The maximum Gasteiger partial charge on any atom is 0.298 e. The number of ether oxygens (including phenoxy) is 2. The predicted octanol–water partition coefficient (Wildman–Crippen LogP) is 6.14. The van der Waals surface area contributed by atoms with Gasteiger partial charge >= 0.3 is 0 Å². The first kappa shape index (κ1) is 20.8. The van der Waals surface area contributed by atoms with Crippen LogP contribution in [0.3, 0.4) is 0 Å². The normalized spacial score (nSPS) is 15.6. The number of methoxy groups -OCH3 is 1. The van der Waals surface area contributed by atoms with E-state index in [1.165, 1.54) is 0 Å². The predicted molar refractivity (Wildman–Crippen MR) is 116 cm³/mol. The van der Waals surface area contributed by atoms with Gasteiger partial charge in [0.1, 0.15) is 0 Å².